The average molecular weight is 332 g/mol. The molecule has 1 heterocycles. The van der Waals surface area contributed by atoms with E-state index >= 15 is 0 Å². The zero-order chi connectivity index (χ0) is 15.4. The van der Waals surface area contributed by atoms with Gasteiger partial charge < -0.3 is 14.7 Å². The molecule has 5 nitrogen and oxygen atoms in total. The molecule has 114 valence electrons. The predicted octanol–water partition coefficient (Wildman–Crippen LogP) is 3.43. The van der Waals surface area contributed by atoms with Crippen LogP contribution < -0.4 is 0 Å². The minimum absolute atomic E-state index is 0.0632. The van der Waals surface area contributed by atoms with Crippen LogP contribution in [0.25, 0.3) is 0 Å². The van der Waals surface area contributed by atoms with Gasteiger partial charge in [-0.3, -0.25) is 4.79 Å². The summed E-state index contributed by atoms with van der Waals surface area (Å²) in [4.78, 5) is 24.3. The molecule has 0 atom stereocenters. The SMILES string of the molecule is O=C(O)C1CCN(C(=O)OCc2ccc(Cl)cc2Cl)CC1. The second kappa shape index (κ2) is 7.00. The number of carbonyl (C=O) groups excluding carboxylic acids is 1. The van der Waals surface area contributed by atoms with E-state index in [-0.39, 0.29) is 12.5 Å². The molecule has 1 N–H and O–H groups in total. The van der Waals surface area contributed by atoms with Gasteiger partial charge in [-0.1, -0.05) is 29.3 Å². The molecule has 0 unspecified atom stereocenters. The van der Waals surface area contributed by atoms with Gasteiger partial charge in [-0.05, 0) is 25.0 Å². The second-order valence-electron chi connectivity index (χ2n) is 4.89. The first kappa shape index (κ1) is 15.9. The molecular weight excluding hydrogens is 317 g/mol. The first-order valence-corrected chi connectivity index (χ1v) is 7.31. The molecule has 7 heteroatoms. The second-order valence-corrected chi connectivity index (χ2v) is 5.73. The number of halogens is 2. The summed E-state index contributed by atoms with van der Waals surface area (Å²) in [6.45, 7) is 0.849. The van der Waals surface area contributed by atoms with Gasteiger partial charge in [-0.15, -0.1) is 0 Å². The summed E-state index contributed by atoms with van der Waals surface area (Å²) < 4.78 is 5.20. The maximum absolute atomic E-state index is 11.9. The van der Waals surface area contributed by atoms with Crippen LogP contribution >= 0.6 is 23.2 Å². The summed E-state index contributed by atoms with van der Waals surface area (Å²) >= 11 is 11.8. The molecule has 1 amide bonds. The van der Waals surface area contributed by atoms with Gasteiger partial charge >= 0.3 is 12.1 Å². The summed E-state index contributed by atoms with van der Waals surface area (Å²) in [5.74, 6) is -1.18. The van der Waals surface area contributed by atoms with Gasteiger partial charge in [0.1, 0.15) is 6.61 Å². The van der Waals surface area contributed by atoms with E-state index in [1.54, 1.807) is 18.2 Å². The van der Waals surface area contributed by atoms with Gasteiger partial charge in [0.05, 0.1) is 5.92 Å². The number of carboxylic acid groups (broad SMARTS) is 1. The first-order chi connectivity index (χ1) is 9.97. The van der Waals surface area contributed by atoms with E-state index in [9.17, 15) is 9.59 Å². The van der Waals surface area contributed by atoms with E-state index in [1.807, 2.05) is 0 Å². The Bertz CT molecular complexity index is 542. The summed E-state index contributed by atoms with van der Waals surface area (Å²) in [6.07, 6.45) is 0.447. The number of amides is 1. The van der Waals surface area contributed by atoms with Gasteiger partial charge in [-0.2, -0.15) is 0 Å². The molecule has 21 heavy (non-hydrogen) atoms. The Kier molecular flexibility index (Phi) is 5.31. The monoisotopic (exact) mass is 331 g/mol. The highest BCUT2D eigenvalue weighted by Gasteiger charge is 2.27. The average Bonchev–Trinajstić information content (AvgIpc) is 2.46. The smallest absolute Gasteiger partial charge is 0.410 e. The van der Waals surface area contributed by atoms with Gasteiger partial charge in [0.15, 0.2) is 0 Å². The zero-order valence-electron chi connectivity index (χ0n) is 11.2. The van der Waals surface area contributed by atoms with Crippen molar-refractivity contribution in [3.05, 3.63) is 33.8 Å². The van der Waals surface area contributed by atoms with Gasteiger partial charge in [0, 0.05) is 28.7 Å². The highest BCUT2D eigenvalue weighted by atomic mass is 35.5. The minimum atomic E-state index is -0.809. The molecule has 1 aromatic rings. The first-order valence-electron chi connectivity index (χ1n) is 6.56. The lowest BCUT2D eigenvalue weighted by Crippen LogP contribution is -2.40. The number of carbonyl (C=O) groups is 2. The number of hydrogen-bond donors (Lipinski definition) is 1. The Morgan fingerprint density at radius 1 is 1.29 bits per heavy atom. The van der Waals surface area contributed by atoms with E-state index in [2.05, 4.69) is 0 Å². The third kappa shape index (κ3) is 4.25. The number of carboxylic acids is 1. The lowest BCUT2D eigenvalue weighted by atomic mass is 9.97. The Hall–Kier alpha value is -1.46. The van der Waals surface area contributed by atoms with Gasteiger partial charge in [-0.25, -0.2) is 4.79 Å². The van der Waals surface area contributed by atoms with Crippen LogP contribution in [-0.4, -0.2) is 35.2 Å². The number of hydrogen-bond acceptors (Lipinski definition) is 3. The number of likely N-dealkylation sites (tertiary alicyclic amines) is 1. The fraction of sp³-hybridized carbons (Fsp3) is 0.429. The maximum Gasteiger partial charge on any atom is 0.410 e. The Morgan fingerprint density at radius 3 is 2.52 bits per heavy atom. The molecule has 0 saturated carbocycles. The fourth-order valence-electron chi connectivity index (χ4n) is 2.18. The van der Waals surface area contributed by atoms with E-state index in [0.29, 0.717) is 41.5 Å². The Labute approximate surface area is 132 Å². The van der Waals surface area contributed by atoms with Crippen molar-refractivity contribution in [3.63, 3.8) is 0 Å². The molecule has 1 aliphatic rings. The number of benzene rings is 1. The predicted molar refractivity (Wildman–Crippen MR) is 78.6 cm³/mol. The zero-order valence-corrected chi connectivity index (χ0v) is 12.7. The normalized spacial score (nSPS) is 15.8. The van der Waals surface area contributed by atoms with Gasteiger partial charge in [0.2, 0.25) is 0 Å². The van der Waals surface area contributed by atoms with Crippen molar-refractivity contribution >= 4 is 35.3 Å². The highest BCUT2D eigenvalue weighted by Crippen LogP contribution is 2.22. The molecule has 0 radical (unpaired) electrons. The molecule has 2 rings (SSSR count). The summed E-state index contributed by atoms with van der Waals surface area (Å²) in [7, 11) is 0. The van der Waals surface area contributed by atoms with E-state index in [4.69, 9.17) is 33.0 Å². The van der Waals surface area contributed by atoms with Crippen LogP contribution in [0.15, 0.2) is 18.2 Å². The van der Waals surface area contributed by atoms with E-state index in [1.165, 1.54) is 4.90 Å². The molecule has 0 aliphatic carbocycles. The van der Waals surface area contributed by atoms with Crippen molar-refractivity contribution < 1.29 is 19.4 Å². The van der Waals surface area contributed by atoms with Crippen LogP contribution in [0.4, 0.5) is 4.79 Å². The topological polar surface area (TPSA) is 66.8 Å². The highest BCUT2D eigenvalue weighted by molar-refractivity contribution is 6.35. The van der Waals surface area contributed by atoms with Crippen molar-refractivity contribution in [1.29, 1.82) is 0 Å². The van der Waals surface area contributed by atoms with Crippen LogP contribution in [-0.2, 0) is 16.1 Å². The molecule has 1 aliphatic heterocycles. The van der Waals surface area contributed by atoms with E-state index in [0.717, 1.165) is 0 Å². The molecule has 1 aromatic carbocycles. The van der Waals surface area contributed by atoms with Crippen LogP contribution in [0.5, 0.6) is 0 Å². The third-order valence-electron chi connectivity index (χ3n) is 3.47. The number of ether oxygens (including phenoxy) is 1. The number of rotatable bonds is 3. The molecule has 0 spiro atoms. The van der Waals surface area contributed by atoms with Crippen molar-refractivity contribution in [3.8, 4) is 0 Å². The number of nitrogens with zero attached hydrogens (tertiary/aromatic N) is 1. The largest absolute Gasteiger partial charge is 0.481 e. The van der Waals surface area contributed by atoms with Gasteiger partial charge in [0.25, 0.3) is 0 Å². The summed E-state index contributed by atoms with van der Waals surface area (Å²) in [6, 6.07) is 4.97. The number of aliphatic carboxylic acids is 1. The third-order valence-corrected chi connectivity index (χ3v) is 4.06. The standard InChI is InChI=1S/C14H15Cl2NO4/c15-11-2-1-10(12(16)7-11)8-21-14(20)17-5-3-9(4-6-17)13(18)19/h1-2,7,9H,3-6,8H2,(H,18,19). The Morgan fingerprint density at radius 2 is 1.95 bits per heavy atom. The lowest BCUT2D eigenvalue weighted by Gasteiger charge is -2.29. The van der Waals surface area contributed by atoms with Crippen LogP contribution in [0, 0.1) is 5.92 Å². The lowest BCUT2D eigenvalue weighted by molar-refractivity contribution is -0.143. The van der Waals surface area contributed by atoms with Crippen molar-refractivity contribution in [2.24, 2.45) is 5.92 Å². The molecule has 0 bridgehead atoms. The minimum Gasteiger partial charge on any atom is -0.481 e. The van der Waals surface area contributed by atoms with Crippen molar-refractivity contribution in [2.75, 3.05) is 13.1 Å². The van der Waals surface area contributed by atoms with Crippen molar-refractivity contribution in [1.82, 2.24) is 4.90 Å². The summed E-state index contributed by atoms with van der Waals surface area (Å²) in [5, 5.41) is 9.87. The van der Waals surface area contributed by atoms with E-state index < -0.39 is 12.1 Å². The number of piperidine rings is 1. The fourth-order valence-corrected chi connectivity index (χ4v) is 2.64. The quantitative estimate of drug-likeness (QED) is 0.921. The molecule has 1 fully saturated rings. The van der Waals surface area contributed by atoms with Crippen LogP contribution in [0.3, 0.4) is 0 Å². The van der Waals surface area contributed by atoms with Crippen molar-refractivity contribution in [2.45, 2.75) is 19.4 Å². The van der Waals surface area contributed by atoms with Crippen LogP contribution in [0.2, 0.25) is 10.0 Å². The van der Waals surface area contributed by atoms with Crippen LogP contribution in [0.1, 0.15) is 18.4 Å². The molecule has 0 aromatic heterocycles. The maximum atomic E-state index is 11.9. The summed E-state index contributed by atoms with van der Waals surface area (Å²) in [5.41, 5.74) is 0.676. The molecule has 1 saturated heterocycles. The molecular formula is C14H15Cl2NO4. The Balaban J connectivity index is 1.84.